The largest absolute Gasteiger partial charge is 0.298 e. The summed E-state index contributed by atoms with van der Waals surface area (Å²) in [7, 11) is 0. The van der Waals surface area contributed by atoms with E-state index in [0.717, 1.165) is 6.29 Å². The van der Waals surface area contributed by atoms with Gasteiger partial charge in [-0.1, -0.05) is 0 Å². The molecule has 2 aromatic rings. The molecule has 0 aliphatic rings. The Labute approximate surface area is 74.0 Å². The molecule has 64 valence electrons. The maximum absolute atomic E-state index is 10.4. The van der Waals surface area contributed by atoms with E-state index in [2.05, 4.69) is 15.2 Å². The molecule has 2 aromatic heterocycles. The van der Waals surface area contributed by atoms with Crippen molar-refractivity contribution in [1.29, 1.82) is 0 Å². The Bertz CT molecular complexity index is 410. The molecule has 5 nitrogen and oxygen atoms in total. The first kappa shape index (κ1) is 7.60. The third kappa shape index (κ3) is 1.44. The van der Waals surface area contributed by atoms with Gasteiger partial charge in [-0.25, -0.2) is 0 Å². The lowest BCUT2D eigenvalue weighted by Crippen LogP contribution is -1.99. The Hall–Kier alpha value is -2.04. The van der Waals surface area contributed by atoms with Crippen LogP contribution < -0.4 is 0 Å². The van der Waals surface area contributed by atoms with E-state index in [9.17, 15) is 4.79 Å². The maximum Gasteiger partial charge on any atom is 0.151 e. The van der Waals surface area contributed by atoms with Crippen molar-refractivity contribution >= 4 is 6.29 Å². The normalized spacial score (nSPS) is 9.85. The number of rotatable bonds is 2. The van der Waals surface area contributed by atoms with Gasteiger partial charge in [0.1, 0.15) is 5.69 Å². The average Bonchev–Trinajstić information content (AvgIpc) is 2.71. The summed E-state index contributed by atoms with van der Waals surface area (Å²) in [6.45, 7) is 0. The highest BCUT2D eigenvalue weighted by atomic mass is 16.1. The van der Waals surface area contributed by atoms with E-state index in [0.29, 0.717) is 11.3 Å². The fraction of sp³-hybridized carbons (Fsp3) is 0. The molecule has 0 amide bonds. The molecule has 13 heavy (non-hydrogen) atoms. The minimum atomic E-state index is 0.509. The predicted octanol–water partition coefficient (Wildman–Crippen LogP) is 0.475. The van der Waals surface area contributed by atoms with Gasteiger partial charge in [-0.3, -0.25) is 9.78 Å². The average molecular weight is 174 g/mol. The number of carbonyl (C=O) groups is 1. The molecule has 0 aromatic carbocycles. The third-order valence-electron chi connectivity index (χ3n) is 1.53. The van der Waals surface area contributed by atoms with Crippen molar-refractivity contribution in [1.82, 2.24) is 20.0 Å². The fourth-order valence-corrected chi connectivity index (χ4v) is 0.968. The molecule has 0 fully saturated rings. The van der Waals surface area contributed by atoms with Crippen molar-refractivity contribution in [2.24, 2.45) is 0 Å². The second-order valence-electron chi connectivity index (χ2n) is 2.41. The van der Waals surface area contributed by atoms with Gasteiger partial charge in [0.2, 0.25) is 0 Å². The first-order valence-electron chi connectivity index (χ1n) is 3.67. The first-order valence-corrected chi connectivity index (χ1v) is 3.67. The van der Waals surface area contributed by atoms with Crippen LogP contribution in [0.25, 0.3) is 5.69 Å². The van der Waals surface area contributed by atoms with Gasteiger partial charge < -0.3 is 0 Å². The lowest BCUT2D eigenvalue weighted by Gasteiger charge is -1.97. The van der Waals surface area contributed by atoms with Gasteiger partial charge in [-0.15, -0.1) is 0 Å². The zero-order valence-corrected chi connectivity index (χ0v) is 6.66. The molecule has 0 bridgehead atoms. The molecule has 0 aliphatic carbocycles. The number of hydrogen-bond acceptors (Lipinski definition) is 4. The number of nitrogens with zero attached hydrogens (tertiary/aromatic N) is 4. The van der Waals surface area contributed by atoms with E-state index in [1.54, 1.807) is 24.7 Å². The van der Waals surface area contributed by atoms with E-state index in [4.69, 9.17) is 0 Å². The van der Waals surface area contributed by atoms with Crippen LogP contribution in [0.15, 0.2) is 30.9 Å². The maximum atomic E-state index is 10.4. The third-order valence-corrected chi connectivity index (χ3v) is 1.53. The van der Waals surface area contributed by atoms with Crippen LogP contribution in [0.4, 0.5) is 0 Å². The van der Waals surface area contributed by atoms with E-state index in [-0.39, 0.29) is 0 Å². The Balaban J connectivity index is 2.47. The van der Waals surface area contributed by atoms with E-state index >= 15 is 0 Å². The van der Waals surface area contributed by atoms with Crippen LogP contribution in [0, 0.1) is 0 Å². The molecule has 0 N–H and O–H groups in total. The first-order chi connectivity index (χ1) is 6.40. The fourth-order valence-electron chi connectivity index (χ4n) is 0.968. The number of aromatic nitrogens is 4. The summed E-state index contributed by atoms with van der Waals surface area (Å²) in [5.41, 5.74) is 1.18. The standard InChI is InChI=1S/C8H6N4O/c13-6-7-3-8(5-9-4-7)12-10-1-2-11-12/h1-6H. The SMILES string of the molecule is O=Cc1cncc(-n2nccn2)c1. The minimum Gasteiger partial charge on any atom is -0.298 e. The van der Waals surface area contributed by atoms with Crippen molar-refractivity contribution in [3.8, 4) is 5.69 Å². The van der Waals surface area contributed by atoms with Crippen LogP contribution in [0.3, 0.4) is 0 Å². The molecule has 2 rings (SSSR count). The van der Waals surface area contributed by atoms with Crippen LogP contribution in [0.5, 0.6) is 0 Å². The van der Waals surface area contributed by atoms with Crippen molar-refractivity contribution in [2.45, 2.75) is 0 Å². The molecule has 0 aliphatic heterocycles. The van der Waals surface area contributed by atoms with Gasteiger partial charge in [0.05, 0.1) is 18.6 Å². The van der Waals surface area contributed by atoms with Gasteiger partial charge in [-0.05, 0) is 6.07 Å². The van der Waals surface area contributed by atoms with Crippen LogP contribution in [0.1, 0.15) is 10.4 Å². The molecule has 5 heteroatoms. The molecule has 2 heterocycles. The van der Waals surface area contributed by atoms with E-state index in [1.165, 1.54) is 11.0 Å². The smallest absolute Gasteiger partial charge is 0.151 e. The lowest BCUT2D eigenvalue weighted by atomic mass is 10.3. The summed E-state index contributed by atoms with van der Waals surface area (Å²) < 4.78 is 0. The van der Waals surface area contributed by atoms with Gasteiger partial charge >= 0.3 is 0 Å². The lowest BCUT2D eigenvalue weighted by molar-refractivity contribution is 0.112. The molecule has 0 spiro atoms. The van der Waals surface area contributed by atoms with Crippen LogP contribution >= 0.6 is 0 Å². The molecule has 0 saturated heterocycles. The summed E-state index contributed by atoms with van der Waals surface area (Å²) in [5, 5.41) is 7.82. The van der Waals surface area contributed by atoms with Crippen LogP contribution in [-0.2, 0) is 0 Å². The van der Waals surface area contributed by atoms with Crippen molar-refractivity contribution in [2.75, 3.05) is 0 Å². The van der Waals surface area contributed by atoms with Crippen molar-refractivity contribution in [3.63, 3.8) is 0 Å². The second-order valence-corrected chi connectivity index (χ2v) is 2.41. The summed E-state index contributed by atoms with van der Waals surface area (Å²) in [6.07, 6.45) is 6.94. The zero-order chi connectivity index (χ0) is 9.10. The monoisotopic (exact) mass is 174 g/mol. The Morgan fingerprint density at radius 3 is 2.69 bits per heavy atom. The zero-order valence-electron chi connectivity index (χ0n) is 6.66. The van der Waals surface area contributed by atoms with Crippen molar-refractivity contribution in [3.05, 3.63) is 36.4 Å². The Kier molecular flexibility index (Phi) is 1.84. The van der Waals surface area contributed by atoms with Crippen LogP contribution in [0.2, 0.25) is 0 Å². The number of hydrogen-bond donors (Lipinski definition) is 0. The summed E-state index contributed by atoms with van der Waals surface area (Å²) in [4.78, 5) is 15.7. The Morgan fingerprint density at radius 1 is 1.23 bits per heavy atom. The van der Waals surface area contributed by atoms with Gasteiger partial charge in [-0.2, -0.15) is 15.0 Å². The topological polar surface area (TPSA) is 60.7 Å². The highest BCUT2D eigenvalue weighted by Crippen LogP contribution is 2.03. The van der Waals surface area contributed by atoms with Gasteiger partial charge in [0, 0.05) is 11.8 Å². The molecule has 0 radical (unpaired) electrons. The predicted molar refractivity (Wildman–Crippen MR) is 44.5 cm³/mol. The highest BCUT2D eigenvalue weighted by Gasteiger charge is 1.98. The molecule has 0 atom stereocenters. The highest BCUT2D eigenvalue weighted by molar-refractivity contribution is 5.74. The quantitative estimate of drug-likeness (QED) is 0.621. The summed E-state index contributed by atoms with van der Waals surface area (Å²) in [5.74, 6) is 0. The van der Waals surface area contributed by atoms with E-state index in [1.807, 2.05) is 0 Å². The van der Waals surface area contributed by atoms with Crippen molar-refractivity contribution < 1.29 is 4.79 Å². The minimum absolute atomic E-state index is 0.509. The number of pyridine rings is 1. The number of carbonyl (C=O) groups excluding carboxylic acids is 1. The van der Waals surface area contributed by atoms with Gasteiger partial charge in [0.15, 0.2) is 6.29 Å². The molecular weight excluding hydrogens is 168 g/mol. The van der Waals surface area contributed by atoms with Gasteiger partial charge in [0.25, 0.3) is 0 Å². The molecule has 0 saturated carbocycles. The number of aldehydes is 1. The Morgan fingerprint density at radius 2 is 2.00 bits per heavy atom. The molecular formula is C8H6N4O. The molecule has 0 unspecified atom stereocenters. The van der Waals surface area contributed by atoms with E-state index < -0.39 is 0 Å². The summed E-state index contributed by atoms with van der Waals surface area (Å²) in [6, 6.07) is 1.67. The summed E-state index contributed by atoms with van der Waals surface area (Å²) >= 11 is 0. The second kappa shape index (κ2) is 3.14. The van der Waals surface area contributed by atoms with Crippen LogP contribution in [-0.4, -0.2) is 26.3 Å².